The molecule has 2 rings (SSSR count). The first kappa shape index (κ1) is 18.2. The van der Waals surface area contributed by atoms with Gasteiger partial charge in [0, 0.05) is 5.56 Å². The Bertz CT molecular complexity index is 524. The van der Waals surface area contributed by atoms with E-state index in [0.29, 0.717) is 5.78 Å². The molecule has 0 bridgehead atoms. The normalized spacial score (nSPS) is 17.5. The molecule has 0 saturated carbocycles. The molecule has 2 nitrogen and oxygen atoms in total. The number of quaternary nitrogens is 1. The minimum Gasteiger partial charge on any atom is -1.00 e. The van der Waals surface area contributed by atoms with Gasteiger partial charge in [-0.05, 0) is 62.4 Å². The fourth-order valence-corrected chi connectivity index (χ4v) is 3.38. The summed E-state index contributed by atoms with van der Waals surface area (Å²) in [6.07, 6.45) is 1.50. The second kappa shape index (κ2) is 6.50. The van der Waals surface area contributed by atoms with Gasteiger partial charge in [0.05, 0.1) is 33.0 Å². The highest BCUT2D eigenvalue weighted by Gasteiger charge is 2.30. The van der Waals surface area contributed by atoms with Gasteiger partial charge in [0.15, 0.2) is 0 Å². The van der Waals surface area contributed by atoms with Gasteiger partial charge in [-0.15, -0.1) is 0 Å². The maximum Gasteiger partial charge on any atom is 0.144 e. The minimum absolute atomic E-state index is 0. The van der Waals surface area contributed by atoms with Gasteiger partial charge in [0.2, 0.25) is 0 Å². The van der Waals surface area contributed by atoms with Crippen LogP contribution in [0, 0.1) is 34.6 Å². The Kier molecular flexibility index (Phi) is 5.63. The molecular weight excluding hydrogens is 282 g/mol. The van der Waals surface area contributed by atoms with Crippen LogP contribution in [0.15, 0.2) is 0 Å². The standard InChI is InChI=1S/C18H28NO.ClH/c1-12-13(2)15(4)18(16(5)14(12)3)11-19(6)9-7-17(20)8-10-19;/h7-11H2,1-6H3;1H/q+1;/p-1. The number of hydrogen-bond donors (Lipinski definition) is 0. The molecule has 0 amide bonds. The molecule has 1 aliphatic rings. The van der Waals surface area contributed by atoms with Crippen molar-refractivity contribution in [2.75, 3.05) is 20.1 Å². The lowest BCUT2D eigenvalue weighted by Crippen LogP contribution is -3.00. The third-order valence-corrected chi connectivity index (χ3v) is 5.56. The van der Waals surface area contributed by atoms with E-state index in [1.165, 1.54) is 33.4 Å². The van der Waals surface area contributed by atoms with E-state index < -0.39 is 0 Å². The number of benzene rings is 1. The zero-order chi connectivity index (χ0) is 15.1. The first-order chi connectivity index (χ1) is 9.25. The second-order valence-corrected chi connectivity index (χ2v) is 6.87. The predicted molar refractivity (Wildman–Crippen MR) is 84.0 cm³/mol. The average molecular weight is 310 g/mol. The van der Waals surface area contributed by atoms with Gasteiger partial charge in [-0.3, -0.25) is 4.79 Å². The van der Waals surface area contributed by atoms with Gasteiger partial charge in [0.25, 0.3) is 0 Å². The van der Waals surface area contributed by atoms with E-state index in [1.54, 1.807) is 0 Å². The highest BCUT2D eigenvalue weighted by atomic mass is 35.5. The molecule has 1 heterocycles. The number of likely N-dealkylation sites (tertiary alicyclic amines) is 1. The molecule has 3 heteroatoms. The number of Topliss-reactive ketones (excluding diaryl/α,β-unsaturated/α-hetero) is 1. The van der Waals surface area contributed by atoms with Crippen LogP contribution in [-0.4, -0.2) is 30.4 Å². The van der Waals surface area contributed by atoms with Crippen molar-refractivity contribution in [1.82, 2.24) is 0 Å². The zero-order valence-corrected chi connectivity index (χ0v) is 15.0. The summed E-state index contributed by atoms with van der Waals surface area (Å²) in [5.74, 6) is 0.435. The van der Waals surface area contributed by atoms with Gasteiger partial charge in [0.1, 0.15) is 12.3 Å². The Morgan fingerprint density at radius 1 is 0.810 bits per heavy atom. The van der Waals surface area contributed by atoms with Gasteiger partial charge in [-0.1, -0.05) is 0 Å². The molecule has 1 saturated heterocycles. The quantitative estimate of drug-likeness (QED) is 0.729. The summed E-state index contributed by atoms with van der Waals surface area (Å²) in [4.78, 5) is 11.5. The van der Waals surface area contributed by atoms with Crippen LogP contribution in [0.3, 0.4) is 0 Å². The maximum atomic E-state index is 11.5. The van der Waals surface area contributed by atoms with E-state index in [9.17, 15) is 4.79 Å². The molecule has 0 aliphatic carbocycles. The number of carbonyl (C=O) groups is 1. The van der Waals surface area contributed by atoms with Crippen LogP contribution in [0.2, 0.25) is 0 Å². The van der Waals surface area contributed by atoms with Crippen molar-refractivity contribution in [1.29, 1.82) is 0 Å². The van der Waals surface area contributed by atoms with Crippen molar-refractivity contribution in [2.24, 2.45) is 0 Å². The largest absolute Gasteiger partial charge is 1.00 e. The number of hydrogen-bond acceptors (Lipinski definition) is 1. The van der Waals surface area contributed by atoms with E-state index >= 15 is 0 Å². The van der Waals surface area contributed by atoms with Crippen LogP contribution in [0.1, 0.15) is 46.2 Å². The Morgan fingerprint density at radius 3 is 1.62 bits per heavy atom. The maximum absolute atomic E-state index is 11.5. The summed E-state index contributed by atoms with van der Waals surface area (Å²) in [6.45, 7) is 14.3. The van der Waals surface area contributed by atoms with Gasteiger partial charge in [-0.2, -0.15) is 0 Å². The number of nitrogens with zero attached hydrogens (tertiary/aromatic N) is 1. The van der Waals surface area contributed by atoms with E-state index in [-0.39, 0.29) is 12.4 Å². The number of ketones is 1. The van der Waals surface area contributed by atoms with Gasteiger partial charge >= 0.3 is 0 Å². The van der Waals surface area contributed by atoms with Crippen LogP contribution in [-0.2, 0) is 11.3 Å². The fraction of sp³-hybridized carbons (Fsp3) is 0.611. The van der Waals surface area contributed by atoms with Gasteiger partial charge in [-0.25, -0.2) is 0 Å². The van der Waals surface area contributed by atoms with Crippen molar-refractivity contribution in [3.8, 4) is 0 Å². The van der Waals surface area contributed by atoms with E-state index in [2.05, 4.69) is 41.7 Å². The second-order valence-electron chi connectivity index (χ2n) is 6.87. The predicted octanol–water partition coefficient (Wildman–Crippen LogP) is 0.542. The number of carbonyl (C=O) groups excluding carboxylic acids is 1. The lowest BCUT2D eigenvalue weighted by atomic mass is 9.88. The Balaban J connectivity index is 0.00000220. The molecule has 1 aliphatic heterocycles. The van der Waals surface area contributed by atoms with Crippen molar-refractivity contribution < 1.29 is 21.7 Å². The van der Waals surface area contributed by atoms with E-state index in [0.717, 1.165) is 37.0 Å². The summed E-state index contributed by atoms with van der Waals surface area (Å²) in [7, 11) is 2.30. The van der Waals surface area contributed by atoms with E-state index in [1.807, 2.05) is 0 Å². The third-order valence-electron chi connectivity index (χ3n) is 5.56. The molecule has 1 aromatic carbocycles. The van der Waals surface area contributed by atoms with Crippen molar-refractivity contribution in [2.45, 2.75) is 54.0 Å². The van der Waals surface area contributed by atoms with Crippen LogP contribution in [0.4, 0.5) is 0 Å². The number of halogens is 1. The van der Waals surface area contributed by atoms with E-state index in [4.69, 9.17) is 0 Å². The van der Waals surface area contributed by atoms with Crippen molar-refractivity contribution in [3.63, 3.8) is 0 Å². The molecule has 1 fully saturated rings. The lowest BCUT2D eigenvalue weighted by molar-refractivity contribution is -0.923. The summed E-state index contributed by atoms with van der Waals surface area (Å²) < 4.78 is 1.01. The third kappa shape index (κ3) is 3.49. The minimum atomic E-state index is 0. The van der Waals surface area contributed by atoms with Crippen LogP contribution in [0.5, 0.6) is 0 Å². The summed E-state index contributed by atoms with van der Waals surface area (Å²) >= 11 is 0. The molecule has 21 heavy (non-hydrogen) atoms. The molecule has 0 unspecified atom stereocenters. The zero-order valence-electron chi connectivity index (χ0n) is 14.3. The molecule has 0 spiro atoms. The Morgan fingerprint density at radius 2 is 1.19 bits per heavy atom. The molecule has 0 atom stereocenters. The topological polar surface area (TPSA) is 17.1 Å². The van der Waals surface area contributed by atoms with Gasteiger partial charge < -0.3 is 16.9 Å². The monoisotopic (exact) mass is 309 g/mol. The summed E-state index contributed by atoms with van der Waals surface area (Å²) in [5, 5.41) is 0. The number of piperidine rings is 1. The fourth-order valence-electron chi connectivity index (χ4n) is 3.38. The highest BCUT2D eigenvalue weighted by Crippen LogP contribution is 2.29. The number of rotatable bonds is 2. The molecule has 0 radical (unpaired) electrons. The van der Waals surface area contributed by atoms with Crippen LogP contribution in [0.25, 0.3) is 0 Å². The lowest BCUT2D eigenvalue weighted by Gasteiger charge is -2.38. The van der Waals surface area contributed by atoms with Crippen molar-refractivity contribution >= 4 is 5.78 Å². The smallest absolute Gasteiger partial charge is 0.144 e. The molecule has 0 N–H and O–H groups in total. The SMILES string of the molecule is Cc1c(C)c(C)c(C[N+]2(C)CCC(=O)CC2)c(C)c1C.[Cl-]. The molecule has 118 valence electrons. The Labute approximate surface area is 135 Å². The Hall–Kier alpha value is -0.860. The average Bonchev–Trinajstić information content (AvgIpc) is 2.43. The van der Waals surface area contributed by atoms with Crippen LogP contribution < -0.4 is 12.4 Å². The first-order valence-corrected chi connectivity index (χ1v) is 7.66. The summed E-state index contributed by atoms with van der Waals surface area (Å²) in [5.41, 5.74) is 8.69. The molecule has 0 aromatic heterocycles. The summed E-state index contributed by atoms with van der Waals surface area (Å²) in [6, 6.07) is 0. The van der Waals surface area contributed by atoms with Crippen molar-refractivity contribution in [3.05, 3.63) is 33.4 Å². The molecular formula is C18H28ClNO. The first-order valence-electron chi connectivity index (χ1n) is 7.66. The highest BCUT2D eigenvalue weighted by molar-refractivity contribution is 5.79. The molecule has 1 aromatic rings. The van der Waals surface area contributed by atoms with Crippen LogP contribution >= 0.6 is 0 Å².